The van der Waals surface area contributed by atoms with Crippen LogP contribution in [0.25, 0.3) is 23.0 Å². The van der Waals surface area contributed by atoms with Gasteiger partial charge in [0.2, 0.25) is 5.91 Å². The fourth-order valence-electron chi connectivity index (χ4n) is 2.35. The molecule has 2 aromatic carbocycles. The molecule has 4 nitrogen and oxygen atoms in total. The molecule has 120 valence electrons. The zero-order valence-electron chi connectivity index (χ0n) is 13.8. The Morgan fingerprint density at radius 2 is 1.62 bits per heavy atom. The molecule has 0 atom stereocenters. The van der Waals surface area contributed by atoms with Gasteiger partial charge in [-0.15, -0.1) is 0 Å². The number of amides is 1. The molecule has 1 amide bonds. The number of hydrogen-bond donors (Lipinski definition) is 0. The third kappa shape index (κ3) is 3.43. The normalized spacial score (nSPS) is 10.9. The van der Waals surface area contributed by atoms with Crippen LogP contribution in [0.2, 0.25) is 0 Å². The first kappa shape index (κ1) is 15.7. The summed E-state index contributed by atoms with van der Waals surface area (Å²) in [4.78, 5) is 13.4. The Morgan fingerprint density at radius 3 is 2.25 bits per heavy atom. The van der Waals surface area contributed by atoms with Gasteiger partial charge in [0, 0.05) is 37.5 Å². The van der Waals surface area contributed by atoms with E-state index in [2.05, 4.69) is 0 Å². The predicted octanol–water partition coefficient (Wildman–Crippen LogP) is 3.64. The fraction of sp³-hybridized carbons (Fsp3) is 0.100. The van der Waals surface area contributed by atoms with Gasteiger partial charge in [-0.3, -0.25) is 4.79 Å². The van der Waals surface area contributed by atoms with Crippen LogP contribution >= 0.6 is 0 Å². The van der Waals surface area contributed by atoms with E-state index in [1.807, 2.05) is 77.6 Å². The van der Waals surface area contributed by atoms with E-state index in [0.717, 1.165) is 22.5 Å². The average Bonchev–Trinajstić information content (AvgIpc) is 3.05. The lowest BCUT2D eigenvalue weighted by Crippen LogP contribution is -2.18. The molecule has 24 heavy (non-hydrogen) atoms. The molecule has 3 aromatic rings. The van der Waals surface area contributed by atoms with Crippen molar-refractivity contribution in [1.29, 1.82) is 0 Å². The molecule has 0 aliphatic rings. The molecule has 0 aliphatic heterocycles. The lowest BCUT2D eigenvalue weighted by molar-refractivity contribution is -0.123. The van der Waals surface area contributed by atoms with E-state index in [1.54, 1.807) is 25.1 Å². The first-order valence-corrected chi connectivity index (χ1v) is 7.75. The van der Waals surface area contributed by atoms with Gasteiger partial charge in [0.25, 0.3) is 0 Å². The van der Waals surface area contributed by atoms with Crippen molar-refractivity contribution in [3.63, 3.8) is 0 Å². The minimum Gasteiger partial charge on any atom is -0.345 e. The van der Waals surface area contributed by atoms with Gasteiger partial charge in [-0.05, 0) is 18.2 Å². The lowest BCUT2D eigenvalue weighted by Gasteiger charge is -2.05. The van der Waals surface area contributed by atoms with E-state index < -0.39 is 0 Å². The highest BCUT2D eigenvalue weighted by atomic mass is 16.2. The Labute approximate surface area is 141 Å². The topological polar surface area (TPSA) is 38.1 Å². The first-order chi connectivity index (χ1) is 11.6. The van der Waals surface area contributed by atoms with Crippen molar-refractivity contribution in [3.8, 4) is 16.9 Å². The number of para-hydroxylation sites is 1. The molecular formula is C20H19N3O. The smallest absolute Gasteiger partial charge is 0.246 e. The maximum atomic E-state index is 11.9. The quantitative estimate of drug-likeness (QED) is 0.689. The van der Waals surface area contributed by atoms with E-state index in [9.17, 15) is 4.79 Å². The molecule has 0 N–H and O–H groups in total. The van der Waals surface area contributed by atoms with E-state index in [-0.39, 0.29) is 5.91 Å². The average molecular weight is 317 g/mol. The highest BCUT2D eigenvalue weighted by molar-refractivity contribution is 5.92. The molecule has 0 fully saturated rings. The molecule has 0 aliphatic carbocycles. The summed E-state index contributed by atoms with van der Waals surface area (Å²) in [6, 6.07) is 19.9. The maximum absolute atomic E-state index is 11.9. The van der Waals surface area contributed by atoms with Crippen molar-refractivity contribution in [2.75, 3.05) is 14.1 Å². The van der Waals surface area contributed by atoms with E-state index >= 15 is 0 Å². The van der Waals surface area contributed by atoms with Gasteiger partial charge in [0.05, 0.1) is 11.4 Å². The number of hydrogen-bond acceptors (Lipinski definition) is 2. The molecule has 0 radical (unpaired) electrons. The lowest BCUT2D eigenvalue weighted by atomic mass is 10.1. The number of nitrogens with zero attached hydrogens (tertiary/aromatic N) is 3. The molecule has 0 unspecified atom stereocenters. The molecule has 0 saturated heterocycles. The molecule has 0 spiro atoms. The second-order valence-electron chi connectivity index (χ2n) is 5.65. The zero-order valence-corrected chi connectivity index (χ0v) is 13.8. The van der Waals surface area contributed by atoms with Crippen molar-refractivity contribution in [1.82, 2.24) is 14.7 Å². The number of carbonyl (C=O) groups excluding carboxylic acids is 1. The van der Waals surface area contributed by atoms with Gasteiger partial charge >= 0.3 is 0 Å². The zero-order chi connectivity index (χ0) is 16.9. The number of aromatic nitrogens is 2. The molecule has 3 rings (SSSR count). The largest absolute Gasteiger partial charge is 0.345 e. The van der Waals surface area contributed by atoms with Gasteiger partial charge in [0.15, 0.2) is 0 Å². The first-order valence-electron chi connectivity index (χ1n) is 7.75. The van der Waals surface area contributed by atoms with Crippen LogP contribution in [0, 0.1) is 0 Å². The van der Waals surface area contributed by atoms with Crippen LogP contribution in [0.4, 0.5) is 0 Å². The van der Waals surface area contributed by atoms with E-state index in [4.69, 9.17) is 5.10 Å². The number of carbonyl (C=O) groups is 1. The minimum absolute atomic E-state index is 0.0542. The van der Waals surface area contributed by atoms with Crippen LogP contribution in [0.1, 0.15) is 5.56 Å². The maximum Gasteiger partial charge on any atom is 0.246 e. The SMILES string of the molecule is CN(C)C(=O)/C=C/c1cn(-c2ccccc2)nc1-c1ccccc1. The second-order valence-corrected chi connectivity index (χ2v) is 5.65. The van der Waals surface area contributed by atoms with Crippen LogP contribution in [-0.2, 0) is 4.79 Å². The van der Waals surface area contributed by atoms with Crippen LogP contribution in [0.5, 0.6) is 0 Å². The summed E-state index contributed by atoms with van der Waals surface area (Å²) in [5.74, 6) is -0.0542. The van der Waals surface area contributed by atoms with Gasteiger partial charge in [-0.25, -0.2) is 4.68 Å². The van der Waals surface area contributed by atoms with Gasteiger partial charge in [-0.1, -0.05) is 48.5 Å². The third-order valence-corrected chi connectivity index (χ3v) is 3.66. The summed E-state index contributed by atoms with van der Waals surface area (Å²) in [6.07, 6.45) is 5.33. The molecule has 1 heterocycles. The summed E-state index contributed by atoms with van der Waals surface area (Å²) < 4.78 is 1.84. The highest BCUT2D eigenvalue weighted by Gasteiger charge is 2.10. The van der Waals surface area contributed by atoms with Crippen LogP contribution in [0.3, 0.4) is 0 Å². The van der Waals surface area contributed by atoms with Crippen molar-refractivity contribution in [3.05, 3.63) is 78.5 Å². The van der Waals surface area contributed by atoms with Crippen LogP contribution in [0.15, 0.2) is 72.9 Å². The van der Waals surface area contributed by atoms with Gasteiger partial charge < -0.3 is 4.90 Å². The van der Waals surface area contributed by atoms with Crippen LogP contribution in [-0.4, -0.2) is 34.7 Å². The summed E-state index contributed by atoms with van der Waals surface area (Å²) in [5.41, 5.74) is 3.75. The monoisotopic (exact) mass is 317 g/mol. The van der Waals surface area contributed by atoms with Crippen LogP contribution < -0.4 is 0 Å². The third-order valence-electron chi connectivity index (χ3n) is 3.66. The Balaban J connectivity index is 2.05. The second kappa shape index (κ2) is 6.96. The predicted molar refractivity (Wildman–Crippen MR) is 96.7 cm³/mol. The number of rotatable bonds is 4. The van der Waals surface area contributed by atoms with Crippen molar-refractivity contribution in [2.24, 2.45) is 0 Å². The van der Waals surface area contributed by atoms with Gasteiger partial charge in [0.1, 0.15) is 0 Å². The number of likely N-dealkylation sites (N-methyl/N-ethyl adjacent to an activating group) is 1. The summed E-state index contributed by atoms with van der Waals surface area (Å²) in [6.45, 7) is 0. The summed E-state index contributed by atoms with van der Waals surface area (Å²) in [5, 5.41) is 4.71. The van der Waals surface area contributed by atoms with Gasteiger partial charge in [-0.2, -0.15) is 5.10 Å². The Hall–Kier alpha value is -3.14. The molecule has 4 heteroatoms. The van der Waals surface area contributed by atoms with Crippen molar-refractivity contribution in [2.45, 2.75) is 0 Å². The standard InChI is InChI=1S/C20H19N3O/c1-22(2)19(24)14-13-17-15-23(18-11-7-4-8-12-18)21-20(17)16-9-5-3-6-10-16/h3-15H,1-2H3/b14-13+. The Kier molecular flexibility index (Phi) is 4.57. The minimum atomic E-state index is -0.0542. The Bertz CT molecular complexity index is 849. The summed E-state index contributed by atoms with van der Waals surface area (Å²) >= 11 is 0. The summed E-state index contributed by atoms with van der Waals surface area (Å²) in [7, 11) is 3.47. The van der Waals surface area contributed by atoms with E-state index in [0.29, 0.717) is 0 Å². The molecular weight excluding hydrogens is 298 g/mol. The molecule has 0 bridgehead atoms. The molecule has 0 saturated carbocycles. The number of benzene rings is 2. The Morgan fingerprint density at radius 1 is 1.00 bits per heavy atom. The van der Waals surface area contributed by atoms with Crippen molar-refractivity contribution >= 4 is 12.0 Å². The fourth-order valence-corrected chi connectivity index (χ4v) is 2.35. The van der Waals surface area contributed by atoms with Crippen molar-refractivity contribution < 1.29 is 4.79 Å². The highest BCUT2D eigenvalue weighted by Crippen LogP contribution is 2.24. The van der Waals surface area contributed by atoms with E-state index in [1.165, 1.54) is 0 Å². The molecule has 1 aromatic heterocycles.